The van der Waals surface area contributed by atoms with Crippen molar-refractivity contribution in [1.82, 2.24) is 34.9 Å². The zero-order valence-electron chi connectivity index (χ0n) is 47.2. The average Bonchev–Trinajstić information content (AvgIpc) is 0.730. The maximum Gasteiger partial charge on any atom is 0.460 e. The third-order valence-corrected chi connectivity index (χ3v) is 12.2. The lowest BCUT2D eigenvalue weighted by Gasteiger charge is -2.39. The van der Waals surface area contributed by atoms with Crippen molar-refractivity contribution in [3.63, 3.8) is 0 Å². The first-order valence-corrected chi connectivity index (χ1v) is 24.3. The SMILES string of the molecule is FC(F)(F)C(F)(F)C(F)(F)C(F)(F)C(F)(F)C(F)(F)COc1nc(OCc2cccc(COc3nc(OCC(F)(F)C(F)(F)C(F)(F)C(F)(F)C(F)(F)C(F)(F)F)nc(OCC(F)(F)C(F)(F)C(F)(F)C(F)(F)C(F)(F)C(F)(F)F)n3)n2)nc(OCC(F)(F)C(F)(F)C(F)(F)C(F)(F)C(F)(F)C(F)(F)F)n1. The van der Waals surface area contributed by atoms with Crippen molar-refractivity contribution in [3.8, 4) is 36.1 Å². The van der Waals surface area contributed by atoms with E-state index in [0.29, 0.717) is 18.2 Å². The van der Waals surface area contributed by atoms with Crippen LogP contribution < -0.4 is 28.4 Å². The van der Waals surface area contributed by atoms with Crippen LogP contribution in [0.4, 0.5) is 228 Å². The van der Waals surface area contributed by atoms with Crippen molar-refractivity contribution in [3.05, 3.63) is 29.6 Å². The maximum absolute atomic E-state index is 14.6. The molecule has 0 aliphatic carbocycles. The lowest BCUT2D eigenvalue weighted by molar-refractivity contribution is -0.440. The molecule has 3 heterocycles. The van der Waals surface area contributed by atoms with Gasteiger partial charge >= 0.3 is 179 Å². The van der Waals surface area contributed by atoms with E-state index in [1.165, 1.54) is 0 Å². The lowest BCUT2D eigenvalue weighted by Crippen LogP contribution is -2.70. The summed E-state index contributed by atoms with van der Waals surface area (Å²) in [5, 5.41) is 0. The molecule has 0 aliphatic heterocycles. The van der Waals surface area contributed by atoms with E-state index in [0.717, 1.165) is 0 Å². The second-order valence-corrected chi connectivity index (χ2v) is 19.7. The van der Waals surface area contributed by atoms with Crippen molar-refractivity contribution < 1.29 is 257 Å². The van der Waals surface area contributed by atoms with Crippen LogP contribution in [0.1, 0.15) is 11.4 Å². The Hall–Kier alpha value is -7.67. The first-order chi connectivity index (χ1) is 46.2. The summed E-state index contributed by atoms with van der Waals surface area (Å²) in [7, 11) is 0. The van der Waals surface area contributed by atoms with Crippen LogP contribution in [0.5, 0.6) is 36.1 Å². The Balaban J connectivity index is 2.21. The van der Waals surface area contributed by atoms with Gasteiger partial charge in [-0.1, -0.05) is 6.07 Å². The Morgan fingerprint density at radius 1 is 0.179 bits per heavy atom. The van der Waals surface area contributed by atoms with Gasteiger partial charge in [0.1, 0.15) is 13.2 Å². The Labute approximate surface area is 540 Å². The predicted octanol–water partition coefficient (Wildman–Crippen LogP) is 17.1. The van der Waals surface area contributed by atoms with E-state index in [1.54, 1.807) is 0 Å². The quantitative estimate of drug-likeness (QED) is 0.0523. The molecule has 3 aromatic rings. The molecule has 0 fully saturated rings. The van der Waals surface area contributed by atoms with Crippen LogP contribution in [0.15, 0.2) is 18.2 Å². The van der Waals surface area contributed by atoms with Crippen LogP contribution in [-0.2, 0) is 13.2 Å². The maximum atomic E-state index is 14.6. The van der Waals surface area contributed by atoms with Gasteiger partial charge in [0.25, 0.3) is 0 Å². The van der Waals surface area contributed by atoms with Crippen molar-refractivity contribution in [2.24, 2.45) is 0 Å². The van der Waals surface area contributed by atoms with Crippen molar-refractivity contribution in [2.75, 3.05) is 26.4 Å². The molecule has 0 saturated carbocycles. The van der Waals surface area contributed by atoms with Gasteiger partial charge in [-0.05, 0) is 12.1 Å². The summed E-state index contributed by atoms with van der Waals surface area (Å²) >= 11 is 0. The highest BCUT2D eigenvalue weighted by molar-refractivity contribution is 5.19. The second-order valence-electron chi connectivity index (χ2n) is 19.7. The van der Waals surface area contributed by atoms with E-state index in [2.05, 4.69) is 63.3 Å². The van der Waals surface area contributed by atoms with Crippen LogP contribution in [0.3, 0.4) is 0 Å². The highest BCUT2D eigenvalue weighted by Crippen LogP contribution is 2.65. The number of nitrogens with zero attached hydrogens (tertiary/aromatic N) is 7. The van der Waals surface area contributed by atoms with E-state index in [9.17, 15) is 228 Å². The molecule has 0 amide bonds. The predicted molar refractivity (Wildman–Crippen MR) is 218 cm³/mol. The van der Waals surface area contributed by atoms with E-state index in [-0.39, 0.29) is 0 Å². The number of pyridine rings is 1. The van der Waals surface area contributed by atoms with E-state index >= 15 is 0 Å². The number of aromatic nitrogens is 7. The molecule has 0 bridgehead atoms. The highest BCUT2D eigenvalue weighted by Gasteiger charge is 2.95. The Bertz CT molecular complexity index is 3130. The topological polar surface area (TPSA) is 146 Å². The molecular weight excluding hydrogens is 1670 g/mol. The number of rotatable bonds is 34. The van der Waals surface area contributed by atoms with Gasteiger partial charge in [0, 0.05) is 0 Å². The van der Waals surface area contributed by atoms with E-state index < -0.39 is 230 Å². The summed E-state index contributed by atoms with van der Waals surface area (Å²) in [6.07, 6.45) is -32.2. The smallest absolute Gasteiger partial charge is 0.457 e. The highest BCUT2D eigenvalue weighted by atomic mass is 19.5. The van der Waals surface area contributed by atoms with Gasteiger partial charge in [0.05, 0.1) is 11.4 Å². The standard InChI is InChI=1S/C41H15F52N7O6/c42-18(43,22(50,51)26(58,59)30(66,67)34(74,75)38(82,83)84)6-103-14-95-12(96-15(99-14)104-7-19(44,45)23(52,53)27(60,61)31(68,69)35(76,77)39(85,86)87)101-4-10-2-1-3-11(94-10)5-102-13-97-16(105-8-20(46,47)24(54,55)28(62,63)32(70,71)36(78,79)40(88,89)90)100-17(98-13)106-9-21(48,49)25(56,57)29(64,65)33(72,73)37(80,81)41(91,92)93/h1-3H,4-9H2. The van der Waals surface area contributed by atoms with Gasteiger partial charge in [-0.3, -0.25) is 4.98 Å². The van der Waals surface area contributed by atoms with Gasteiger partial charge in [0.2, 0.25) is 0 Å². The van der Waals surface area contributed by atoms with Crippen molar-refractivity contribution >= 4 is 0 Å². The molecule has 13 nitrogen and oxygen atoms in total. The van der Waals surface area contributed by atoms with Crippen LogP contribution in [-0.4, -0.2) is 204 Å². The third kappa shape index (κ3) is 15.2. The molecular formula is C41H15F52N7O6. The third-order valence-electron chi connectivity index (χ3n) is 12.2. The zero-order chi connectivity index (χ0) is 84.2. The Morgan fingerprint density at radius 2 is 0.321 bits per heavy atom. The second kappa shape index (κ2) is 27.2. The molecule has 0 unspecified atom stereocenters. The minimum atomic E-state index is -8.70. The average molecular weight is 1690 g/mol. The van der Waals surface area contributed by atoms with Gasteiger partial charge in [-0.15, -0.1) is 29.9 Å². The minimum absolute atomic E-state index is 0.376. The number of hydrogen-bond donors (Lipinski definition) is 0. The molecule has 0 atom stereocenters. The Kier molecular flexibility index (Phi) is 23.7. The molecule has 106 heavy (non-hydrogen) atoms. The summed E-state index contributed by atoms with van der Waals surface area (Å²) < 4.78 is 734. The minimum Gasteiger partial charge on any atom is -0.457 e. The van der Waals surface area contributed by atoms with Gasteiger partial charge in [-0.25, -0.2) is 0 Å². The summed E-state index contributed by atoms with van der Waals surface area (Å²) in [4.78, 5) is 17.6. The molecule has 0 radical (unpaired) electrons. The van der Waals surface area contributed by atoms with Crippen LogP contribution >= 0.6 is 0 Å². The summed E-state index contributed by atoms with van der Waals surface area (Å²) in [6.45, 7) is -19.9. The molecule has 0 aromatic carbocycles. The molecule has 0 spiro atoms. The molecule has 0 saturated heterocycles. The Morgan fingerprint density at radius 3 is 0.472 bits per heavy atom. The van der Waals surface area contributed by atoms with Crippen molar-refractivity contribution in [2.45, 2.75) is 156 Å². The van der Waals surface area contributed by atoms with Gasteiger partial charge in [-0.2, -0.15) is 228 Å². The fraction of sp³-hybridized carbons (Fsp3) is 0.732. The van der Waals surface area contributed by atoms with E-state index in [4.69, 9.17) is 0 Å². The van der Waals surface area contributed by atoms with Crippen LogP contribution in [0, 0.1) is 0 Å². The first kappa shape index (κ1) is 92.5. The summed E-state index contributed by atoms with van der Waals surface area (Å²) in [6, 6.07) is -14.6. The lowest BCUT2D eigenvalue weighted by atomic mass is 9.94. The summed E-state index contributed by atoms with van der Waals surface area (Å²) in [5.41, 5.74) is -2.33. The largest absolute Gasteiger partial charge is 0.460 e. The fourth-order valence-electron chi connectivity index (χ4n) is 6.19. The normalized spacial score (nSPS) is 15.6. The number of ether oxygens (including phenoxy) is 6. The number of alkyl halides is 52. The van der Waals surface area contributed by atoms with Crippen molar-refractivity contribution in [1.29, 1.82) is 0 Å². The zero-order valence-corrected chi connectivity index (χ0v) is 47.2. The molecule has 0 aliphatic rings. The molecule has 0 N–H and O–H groups in total. The molecule has 3 aromatic heterocycles. The van der Waals surface area contributed by atoms with Gasteiger partial charge in [0.15, 0.2) is 26.4 Å². The number of halogens is 52. The molecule has 3 rings (SSSR count). The molecule has 614 valence electrons. The monoisotopic (exact) mass is 1690 g/mol. The van der Waals surface area contributed by atoms with E-state index in [1.807, 2.05) is 0 Å². The molecule has 65 heteroatoms. The van der Waals surface area contributed by atoms with Crippen LogP contribution in [0.25, 0.3) is 0 Å². The fourth-order valence-corrected chi connectivity index (χ4v) is 6.19. The van der Waals surface area contributed by atoms with Crippen LogP contribution in [0.2, 0.25) is 0 Å². The summed E-state index contributed by atoms with van der Waals surface area (Å²) in [5.74, 6) is -167. The number of hydrogen-bond acceptors (Lipinski definition) is 13. The first-order valence-electron chi connectivity index (χ1n) is 24.3. The van der Waals surface area contributed by atoms with Gasteiger partial charge < -0.3 is 28.4 Å².